The van der Waals surface area contributed by atoms with Crippen LogP contribution < -0.4 is 0 Å². The normalized spacial score (nSPS) is 32.5. The van der Waals surface area contributed by atoms with Crippen LogP contribution in [0, 0.1) is 0 Å². The Bertz CT molecular complexity index is 133. The van der Waals surface area contributed by atoms with Gasteiger partial charge in [-0.15, -0.1) is 0 Å². The topological polar surface area (TPSA) is 46.5 Å². The second-order valence-electron chi connectivity index (χ2n) is 2.74. The van der Waals surface area contributed by atoms with Crippen molar-refractivity contribution in [3.8, 4) is 0 Å². The predicted octanol–water partition coefficient (Wildman–Crippen LogP) is 1.03. The lowest BCUT2D eigenvalue weighted by Gasteiger charge is -2.06. The van der Waals surface area contributed by atoms with Crippen molar-refractivity contribution in [1.82, 2.24) is 0 Å². The summed E-state index contributed by atoms with van der Waals surface area (Å²) in [6, 6.07) is 0. The summed E-state index contributed by atoms with van der Waals surface area (Å²) in [7, 11) is 0. The van der Waals surface area contributed by atoms with E-state index in [0.29, 0.717) is 0 Å². The van der Waals surface area contributed by atoms with Gasteiger partial charge in [-0.1, -0.05) is 0 Å². The molecular formula is C7H12O3. The van der Waals surface area contributed by atoms with Crippen LogP contribution in [0.4, 0.5) is 0 Å². The summed E-state index contributed by atoms with van der Waals surface area (Å²) in [6.45, 7) is 1.97. The van der Waals surface area contributed by atoms with Gasteiger partial charge < -0.3 is 9.84 Å². The molecule has 1 heterocycles. The average Bonchev–Trinajstić information content (AvgIpc) is 2.13. The molecule has 1 saturated heterocycles. The largest absolute Gasteiger partial charge is 0.481 e. The van der Waals surface area contributed by atoms with Crippen molar-refractivity contribution in [3.05, 3.63) is 0 Å². The Morgan fingerprint density at radius 1 is 1.70 bits per heavy atom. The summed E-state index contributed by atoms with van der Waals surface area (Å²) in [6.07, 6.45) is 2.27. The van der Waals surface area contributed by atoms with E-state index in [9.17, 15) is 4.79 Å². The number of rotatable bonds is 2. The molecular weight excluding hydrogens is 132 g/mol. The Labute approximate surface area is 60.0 Å². The van der Waals surface area contributed by atoms with Crippen molar-refractivity contribution in [3.63, 3.8) is 0 Å². The lowest BCUT2D eigenvalue weighted by Crippen LogP contribution is -2.13. The molecule has 1 fully saturated rings. The average molecular weight is 144 g/mol. The summed E-state index contributed by atoms with van der Waals surface area (Å²) < 4.78 is 5.29. The van der Waals surface area contributed by atoms with Gasteiger partial charge >= 0.3 is 5.97 Å². The van der Waals surface area contributed by atoms with Gasteiger partial charge in [0.15, 0.2) is 0 Å². The standard InChI is InChI=1S/C7H12O3/c1-5-2-3-6(10-5)4-7(8)9/h5-6H,2-4H2,1H3,(H,8,9). The number of carboxylic acid groups (broad SMARTS) is 1. The highest BCUT2D eigenvalue weighted by Crippen LogP contribution is 2.20. The first-order chi connectivity index (χ1) is 4.68. The summed E-state index contributed by atoms with van der Waals surface area (Å²) >= 11 is 0. The molecule has 3 heteroatoms. The van der Waals surface area contributed by atoms with Crippen molar-refractivity contribution in [2.24, 2.45) is 0 Å². The highest BCUT2D eigenvalue weighted by atomic mass is 16.5. The minimum Gasteiger partial charge on any atom is -0.481 e. The van der Waals surface area contributed by atoms with Crippen LogP contribution in [0.1, 0.15) is 26.2 Å². The van der Waals surface area contributed by atoms with Gasteiger partial charge in [0.05, 0.1) is 18.6 Å². The van der Waals surface area contributed by atoms with Crippen molar-refractivity contribution in [1.29, 1.82) is 0 Å². The van der Waals surface area contributed by atoms with Gasteiger partial charge in [0, 0.05) is 0 Å². The van der Waals surface area contributed by atoms with E-state index < -0.39 is 5.97 Å². The first kappa shape index (κ1) is 7.54. The summed E-state index contributed by atoms with van der Waals surface area (Å²) in [5, 5.41) is 8.38. The van der Waals surface area contributed by atoms with Gasteiger partial charge in [-0.05, 0) is 19.8 Å². The van der Waals surface area contributed by atoms with Crippen molar-refractivity contribution < 1.29 is 14.6 Å². The lowest BCUT2D eigenvalue weighted by atomic mass is 10.1. The number of hydrogen-bond donors (Lipinski definition) is 1. The Morgan fingerprint density at radius 3 is 2.80 bits per heavy atom. The highest BCUT2D eigenvalue weighted by molar-refractivity contribution is 5.67. The molecule has 0 amide bonds. The molecule has 58 valence electrons. The summed E-state index contributed by atoms with van der Waals surface area (Å²) in [4.78, 5) is 10.2. The van der Waals surface area contributed by atoms with E-state index in [-0.39, 0.29) is 18.6 Å². The third-order valence-corrected chi connectivity index (χ3v) is 1.72. The van der Waals surface area contributed by atoms with Crippen LogP contribution in [0.3, 0.4) is 0 Å². The quantitative estimate of drug-likeness (QED) is 0.629. The van der Waals surface area contributed by atoms with E-state index in [1.165, 1.54) is 0 Å². The monoisotopic (exact) mass is 144 g/mol. The van der Waals surface area contributed by atoms with E-state index in [4.69, 9.17) is 9.84 Å². The molecule has 2 unspecified atom stereocenters. The highest BCUT2D eigenvalue weighted by Gasteiger charge is 2.23. The molecule has 1 aliphatic heterocycles. The van der Waals surface area contributed by atoms with E-state index in [2.05, 4.69) is 0 Å². The van der Waals surface area contributed by atoms with Gasteiger partial charge in [-0.3, -0.25) is 4.79 Å². The molecule has 3 nitrogen and oxygen atoms in total. The second kappa shape index (κ2) is 3.01. The molecule has 0 aromatic rings. The number of hydrogen-bond acceptors (Lipinski definition) is 2. The van der Waals surface area contributed by atoms with Gasteiger partial charge in [0.1, 0.15) is 0 Å². The SMILES string of the molecule is CC1CCC(CC(=O)O)O1. The zero-order chi connectivity index (χ0) is 7.56. The van der Waals surface area contributed by atoms with Crippen molar-refractivity contribution in [2.45, 2.75) is 38.4 Å². The molecule has 0 radical (unpaired) electrons. The maximum atomic E-state index is 10.2. The minimum atomic E-state index is -0.765. The molecule has 1 N–H and O–H groups in total. The Morgan fingerprint density at radius 2 is 2.40 bits per heavy atom. The molecule has 0 aromatic heterocycles. The Balaban J connectivity index is 2.24. The van der Waals surface area contributed by atoms with Crippen LogP contribution in [0.15, 0.2) is 0 Å². The first-order valence-corrected chi connectivity index (χ1v) is 3.55. The lowest BCUT2D eigenvalue weighted by molar-refractivity contribution is -0.139. The van der Waals surface area contributed by atoms with Gasteiger partial charge in [-0.2, -0.15) is 0 Å². The van der Waals surface area contributed by atoms with Crippen LogP contribution in [-0.2, 0) is 9.53 Å². The fourth-order valence-electron chi connectivity index (χ4n) is 1.23. The Kier molecular flexibility index (Phi) is 2.27. The van der Waals surface area contributed by atoms with E-state index in [1.54, 1.807) is 0 Å². The number of ether oxygens (including phenoxy) is 1. The predicted molar refractivity (Wildman–Crippen MR) is 35.8 cm³/mol. The number of carbonyl (C=O) groups is 1. The van der Waals surface area contributed by atoms with Crippen molar-refractivity contribution >= 4 is 5.97 Å². The summed E-state index contributed by atoms with van der Waals surface area (Å²) in [5.41, 5.74) is 0. The third-order valence-electron chi connectivity index (χ3n) is 1.72. The molecule has 0 spiro atoms. The molecule has 1 aliphatic rings. The van der Waals surface area contributed by atoms with Crippen LogP contribution in [0.2, 0.25) is 0 Å². The van der Waals surface area contributed by atoms with Crippen LogP contribution in [0.5, 0.6) is 0 Å². The third kappa shape index (κ3) is 1.99. The zero-order valence-corrected chi connectivity index (χ0v) is 6.04. The molecule has 0 saturated carbocycles. The van der Waals surface area contributed by atoms with Crippen LogP contribution in [0.25, 0.3) is 0 Å². The fourth-order valence-corrected chi connectivity index (χ4v) is 1.23. The molecule has 2 atom stereocenters. The van der Waals surface area contributed by atoms with Gasteiger partial charge in [0.2, 0.25) is 0 Å². The van der Waals surface area contributed by atoms with E-state index in [1.807, 2.05) is 6.92 Å². The summed E-state index contributed by atoms with van der Waals surface area (Å²) in [5.74, 6) is -0.765. The first-order valence-electron chi connectivity index (χ1n) is 3.55. The molecule has 0 bridgehead atoms. The van der Waals surface area contributed by atoms with Crippen molar-refractivity contribution in [2.75, 3.05) is 0 Å². The fraction of sp³-hybridized carbons (Fsp3) is 0.857. The maximum Gasteiger partial charge on any atom is 0.305 e. The van der Waals surface area contributed by atoms with Gasteiger partial charge in [-0.25, -0.2) is 0 Å². The van der Waals surface area contributed by atoms with Crippen LogP contribution in [-0.4, -0.2) is 23.3 Å². The minimum absolute atomic E-state index is 0.0347. The Hall–Kier alpha value is -0.570. The molecule has 0 aliphatic carbocycles. The molecule has 0 aromatic carbocycles. The molecule has 1 rings (SSSR count). The van der Waals surface area contributed by atoms with E-state index >= 15 is 0 Å². The smallest absolute Gasteiger partial charge is 0.305 e. The second-order valence-corrected chi connectivity index (χ2v) is 2.74. The van der Waals surface area contributed by atoms with E-state index in [0.717, 1.165) is 12.8 Å². The molecule has 10 heavy (non-hydrogen) atoms. The number of aliphatic carboxylic acids is 1. The van der Waals surface area contributed by atoms with Gasteiger partial charge in [0.25, 0.3) is 0 Å². The maximum absolute atomic E-state index is 10.2. The van der Waals surface area contributed by atoms with Crippen LogP contribution >= 0.6 is 0 Å². The zero-order valence-electron chi connectivity index (χ0n) is 6.04. The number of carboxylic acids is 1.